The minimum Gasteiger partial charge on any atom is -0.375 e. The summed E-state index contributed by atoms with van der Waals surface area (Å²) in [4.78, 5) is 9.69. The van der Waals surface area contributed by atoms with Crippen LogP contribution in [0, 0.1) is 12.8 Å². The maximum atomic E-state index is 6.16. The first-order valence-electron chi connectivity index (χ1n) is 8.16. The van der Waals surface area contributed by atoms with Crippen molar-refractivity contribution in [3.05, 3.63) is 40.6 Å². The summed E-state index contributed by atoms with van der Waals surface area (Å²) in [5, 5.41) is 0. The van der Waals surface area contributed by atoms with Crippen LogP contribution in [0.15, 0.2) is 30.9 Å². The Bertz CT molecular complexity index is 609. The Hall–Kier alpha value is -1.17. The molecule has 3 atom stereocenters. The van der Waals surface area contributed by atoms with Crippen LogP contribution in [0.4, 0.5) is 0 Å². The summed E-state index contributed by atoms with van der Waals surface area (Å²) < 4.78 is 8.36. The van der Waals surface area contributed by atoms with E-state index in [9.17, 15) is 0 Å². The van der Waals surface area contributed by atoms with Crippen molar-refractivity contribution < 1.29 is 4.74 Å². The molecule has 2 aromatic heterocycles. The Kier molecular flexibility index (Phi) is 4.03. The molecule has 5 heteroatoms. The van der Waals surface area contributed by atoms with Crippen molar-refractivity contribution in [2.75, 3.05) is 13.2 Å². The molecule has 4 nitrogen and oxygen atoms in total. The smallest absolute Gasteiger partial charge is 0.0946 e. The van der Waals surface area contributed by atoms with Gasteiger partial charge in [0.05, 0.1) is 19.0 Å². The lowest BCUT2D eigenvalue weighted by Crippen LogP contribution is -2.50. The number of ether oxygens (including phenoxy) is 1. The van der Waals surface area contributed by atoms with Crippen molar-refractivity contribution in [2.45, 2.75) is 45.0 Å². The zero-order valence-electron chi connectivity index (χ0n) is 13.0. The number of hydrogen-bond acceptors (Lipinski definition) is 4. The predicted molar refractivity (Wildman–Crippen MR) is 87.9 cm³/mol. The third-order valence-electron chi connectivity index (χ3n) is 4.99. The molecule has 1 aliphatic heterocycles. The summed E-state index contributed by atoms with van der Waals surface area (Å²) in [6.45, 7) is 6.24. The second-order valence-corrected chi connectivity index (χ2v) is 7.85. The molecule has 118 valence electrons. The Balaban J connectivity index is 1.44. The number of imidazole rings is 1. The van der Waals surface area contributed by atoms with Crippen LogP contribution in [0.2, 0.25) is 0 Å². The molecule has 2 fully saturated rings. The number of nitrogens with zero attached hydrogens (tertiary/aromatic N) is 3. The Morgan fingerprint density at radius 3 is 3.09 bits per heavy atom. The van der Waals surface area contributed by atoms with Gasteiger partial charge in [-0.2, -0.15) is 0 Å². The highest BCUT2D eigenvalue weighted by molar-refractivity contribution is 7.11. The highest BCUT2D eigenvalue weighted by Gasteiger charge is 2.42. The number of hydrogen-bond donors (Lipinski definition) is 0. The SMILES string of the molecule is Cc1ccc(CN2CCO[C@@H]3[C@H](Cn4ccnc4)CC[C@@H]32)s1. The number of rotatable bonds is 4. The lowest BCUT2D eigenvalue weighted by atomic mass is 10.0. The molecule has 3 heterocycles. The van der Waals surface area contributed by atoms with E-state index in [0.717, 1.165) is 26.2 Å². The van der Waals surface area contributed by atoms with Gasteiger partial charge < -0.3 is 9.30 Å². The summed E-state index contributed by atoms with van der Waals surface area (Å²) in [5.41, 5.74) is 0. The average Bonchev–Trinajstić information content (AvgIpc) is 3.23. The number of aromatic nitrogens is 2. The summed E-state index contributed by atoms with van der Waals surface area (Å²) in [5.74, 6) is 0.618. The molecule has 1 saturated carbocycles. The highest BCUT2D eigenvalue weighted by atomic mass is 32.1. The molecule has 22 heavy (non-hydrogen) atoms. The number of aryl methyl sites for hydroxylation is 1. The fourth-order valence-corrected chi connectivity index (χ4v) is 4.88. The van der Waals surface area contributed by atoms with Gasteiger partial charge in [-0.3, -0.25) is 4.90 Å². The zero-order chi connectivity index (χ0) is 14.9. The molecule has 0 spiro atoms. The summed E-state index contributed by atoms with van der Waals surface area (Å²) >= 11 is 1.93. The average molecular weight is 317 g/mol. The molecule has 0 N–H and O–H groups in total. The maximum Gasteiger partial charge on any atom is 0.0946 e. The van der Waals surface area contributed by atoms with Crippen LogP contribution in [-0.4, -0.2) is 39.7 Å². The first kappa shape index (κ1) is 14.4. The van der Waals surface area contributed by atoms with Crippen LogP contribution >= 0.6 is 11.3 Å². The van der Waals surface area contributed by atoms with Gasteiger partial charge in [0.15, 0.2) is 0 Å². The molecule has 0 radical (unpaired) electrons. The Morgan fingerprint density at radius 2 is 2.32 bits per heavy atom. The van der Waals surface area contributed by atoms with Crippen molar-refractivity contribution >= 4 is 11.3 Å². The van der Waals surface area contributed by atoms with Gasteiger partial charge in [0, 0.05) is 53.7 Å². The van der Waals surface area contributed by atoms with Gasteiger partial charge >= 0.3 is 0 Å². The fraction of sp³-hybridized carbons (Fsp3) is 0.588. The third kappa shape index (κ3) is 2.85. The second kappa shape index (κ2) is 6.14. The lowest BCUT2D eigenvalue weighted by Gasteiger charge is -2.39. The van der Waals surface area contributed by atoms with Crippen LogP contribution < -0.4 is 0 Å². The van der Waals surface area contributed by atoms with Crippen molar-refractivity contribution in [1.29, 1.82) is 0 Å². The van der Waals surface area contributed by atoms with Crippen LogP contribution in [0.3, 0.4) is 0 Å². The van der Waals surface area contributed by atoms with Gasteiger partial charge in [0.2, 0.25) is 0 Å². The second-order valence-electron chi connectivity index (χ2n) is 6.48. The number of morpholine rings is 1. The molecule has 4 rings (SSSR count). The first-order valence-corrected chi connectivity index (χ1v) is 8.98. The summed E-state index contributed by atoms with van der Waals surface area (Å²) in [7, 11) is 0. The molecule has 2 aliphatic rings. The standard InChI is InChI=1S/C17H23N3OS/c1-13-2-4-15(22-13)11-20-8-9-21-17-14(3-5-16(17)20)10-19-7-6-18-12-19/h2,4,6-7,12,14,16-17H,3,5,8-11H2,1H3/t14-,16-,17+/m0/s1. The van der Waals surface area contributed by atoms with Gasteiger partial charge in [0.25, 0.3) is 0 Å². The van der Waals surface area contributed by atoms with Crippen molar-refractivity contribution in [3.63, 3.8) is 0 Å². The molecular formula is C17H23N3OS. The van der Waals surface area contributed by atoms with E-state index in [4.69, 9.17) is 4.74 Å². The summed E-state index contributed by atoms with van der Waals surface area (Å²) in [6, 6.07) is 5.10. The summed E-state index contributed by atoms with van der Waals surface area (Å²) in [6.07, 6.45) is 8.74. The topological polar surface area (TPSA) is 30.3 Å². The molecule has 2 aromatic rings. The molecule has 1 aliphatic carbocycles. The van der Waals surface area contributed by atoms with Gasteiger partial charge in [-0.25, -0.2) is 4.98 Å². The van der Waals surface area contributed by atoms with Crippen molar-refractivity contribution in [3.8, 4) is 0 Å². The molecular weight excluding hydrogens is 294 g/mol. The molecule has 0 amide bonds. The number of fused-ring (bicyclic) bond motifs is 1. The van der Waals surface area contributed by atoms with Crippen LogP contribution in [0.25, 0.3) is 0 Å². The normalized spacial score (nSPS) is 28.9. The Labute approximate surface area is 135 Å². The number of thiophene rings is 1. The van der Waals surface area contributed by atoms with Gasteiger partial charge in [-0.1, -0.05) is 0 Å². The zero-order valence-corrected chi connectivity index (χ0v) is 13.8. The van der Waals surface area contributed by atoms with E-state index in [-0.39, 0.29) is 0 Å². The van der Waals surface area contributed by atoms with Gasteiger partial charge in [-0.05, 0) is 31.9 Å². The maximum absolute atomic E-state index is 6.16. The lowest BCUT2D eigenvalue weighted by molar-refractivity contribution is -0.0783. The molecule has 0 unspecified atom stereocenters. The van der Waals surface area contributed by atoms with Crippen LogP contribution in [0.5, 0.6) is 0 Å². The van der Waals surface area contributed by atoms with E-state index >= 15 is 0 Å². The molecule has 1 saturated heterocycles. The highest BCUT2D eigenvalue weighted by Crippen LogP contribution is 2.36. The quantitative estimate of drug-likeness (QED) is 0.868. The molecule has 0 aromatic carbocycles. The van der Waals surface area contributed by atoms with Gasteiger partial charge in [-0.15, -0.1) is 11.3 Å². The van der Waals surface area contributed by atoms with E-state index < -0.39 is 0 Å². The predicted octanol–water partition coefficient (Wildman–Crippen LogP) is 2.93. The van der Waals surface area contributed by atoms with Gasteiger partial charge in [0.1, 0.15) is 0 Å². The minimum atomic E-state index is 0.386. The fourth-order valence-electron chi connectivity index (χ4n) is 3.96. The third-order valence-corrected chi connectivity index (χ3v) is 5.98. The van der Waals surface area contributed by atoms with E-state index in [1.807, 2.05) is 23.9 Å². The van der Waals surface area contributed by atoms with E-state index in [2.05, 4.69) is 39.7 Å². The largest absolute Gasteiger partial charge is 0.375 e. The minimum absolute atomic E-state index is 0.386. The van der Waals surface area contributed by atoms with Crippen molar-refractivity contribution in [2.24, 2.45) is 5.92 Å². The van der Waals surface area contributed by atoms with Crippen LogP contribution in [-0.2, 0) is 17.8 Å². The molecule has 0 bridgehead atoms. The Morgan fingerprint density at radius 1 is 1.36 bits per heavy atom. The van der Waals surface area contributed by atoms with Crippen LogP contribution in [0.1, 0.15) is 22.6 Å². The monoisotopic (exact) mass is 317 g/mol. The first-order chi connectivity index (χ1) is 10.8. The van der Waals surface area contributed by atoms with E-state index in [1.54, 1.807) is 0 Å². The van der Waals surface area contributed by atoms with Crippen molar-refractivity contribution in [1.82, 2.24) is 14.5 Å². The van der Waals surface area contributed by atoms with E-state index in [0.29, 0.717) is 18.1 Å². The van der Waals surface area contributed by atoms with E-state index in [1.165, 1.54) is 22.6 Å².